The minimum absolute atomic E-state index is 0.146. The SMILES string of the molecule is Cc1cc(O)cc(Cl)c1OCCCCOc1ccc(OC(C)C)cc1. The van der Waals surface area contributed by atoms with Gasteiger partial charge in [0.2, 0.25) is 0 Å². The molecule has 0 saturated heterocycles. The van der Waals surface area contributed by atoms with Crippen molar-refractivity contribution in [1.29, 1.82) is 0 Å². The molecule has 4 nitrogen and oxygen atoms in total. The molecular formula is C20H25ClO4. The third-order valence-corrected chi connectivity index (χ3v) is 3.74. The molecule has 0 aliphatic carbocycles. The fourth-order valence-electron chi connectivity index (χ4n) is 2.35. The third-order valence-electron chi connectivity index (χ3n) is 3.46. The average Bonchev–Trinajstić information content (AvgIpc) is 2.53. The van der Waals surface area contributed by atoms with Crippen LogP contribution in [-0.2, 0) is 0 Å². The van der Waals surface area contributed by atoms with Crippen LogP contribution in [0, 0.1) is 6.92 Å². The number of aryl methyl sites for hydroxylation is 1. The van der Waals surface area contributed by atoms with Crippen LogP contribution < -0.4 is 14.2 Å². The molecule has 0 aliphatic rings. The molecule has 0 amide bonds. The summed E-state index contributed by atoms with van der Waals surface area (Å²) in [6.07, 6.45) is 1.89. The maximum Gasteiger partial charge on any atom is 0.141 e. The summed E-state index contributed by atoms with van der Waals surface area (Å²) in [7, 11) is 0. The lowest BCUT2D eigenvalue weighted by Gasteiger charge is -2.12. The Kier molecular flexibility index (Phi) is 7.26. The zero-order chi connectivity index (χ0) is 18.2. The van der Waals surface area contributed by atoms with Crippen molar-refractivity contribution in [3.8, 4) is 23.0 Å². The lowest BCUT2D eigenvalue weighted by molar-refractivity contribution is 0.241. The van der Waals surface area contributed by atoms with Crippen LogP contribution in [0.3, 0.4) is 0 Å². The van der Waals surface area contributed by atoms with E-state index in [4.69, 9.17) is 25.8 Å². The summed E-state index contributed by atoms with van der Waals surface area (Å²) in [6, 6.07) is 10.8. The second-order valence-electron chi connectivity index (χ2n) is 6.12. The summed E-state index contributed by atoms with van der Waals surface area (Å²) in [5.74, 6) is 2.44. The number of ether oxygens (including phenoxy) is 3. The highest BCUT2D eigenvalue weighted by Crippen LogP contribution is 2.32. The van der Waals surface area contributed by atoms with E-state index in [0.29, 0.717) is 24.0 Å². The van der Waals surface area contributed by atoms with Gasteiger partial charge < -0.3 is 19.3 Å². The summed E-state index contributed by atoms with van der Waals surface area (Å²) >= 11 is 6.08. The van der Waals surface area contributed by atoms with E-state index in [0.717, 1.165) is 29.9 Å². The van der Waals surface area contributed by atoms with Crippen LogP contribution in [0.1, 0.15) is 32.3 Å². The standard InChI is InChI=1S/C20H25ClO4/c1-14(2)25-18-8-6-17(7-9-18)23-10-4-5-11-24-20-15(3)12-16(22)13-19(20)21/h6-9,12-14,22H,4-5,10-11H2,1-3H3. The molecule has 0 heterocycles. The summed E-state index contributed by atoms with van der Waals surface area (Å²) in [5, 5.41) is 9.89. The summed E-state index contributed by atoms with van der Waals surface area (Å²) in [4.78, 5) is 0. The Morgan fingerprint density at radius 3 is 2.16 bits per heavy atom. The van der Waals surface area contributed by atoms with Crippen molar-refractivity contribution in [1.82, 2.24) is 0 Å². The largest absolute Gasteiger partial charge is 0.508 e. The molecule has 25 heavy (non-hydrogen) atoms. The second kappa shape index (κ2) is 9.42. The van der Waals surface area contributed by atoms with E-state index in [9.17, 15) is 5.11 Å². The van der Waals surface area contributed by atoms with Gasteiger partial charge >= 0.3 is 0 Å². The Balaban J connectivity index is 1.67. The van der Waals surface area contributed by atoms with Crippen molar-refractivity contribution in [3.63, 3.8) is 0 Å². The van der Waals surface area contributed by atoms with E-state index in [1.165, 1.54) is 6.07 Å². The monoisotopic (exact) mass is 364 g/mol. The Hall–Kier alpha value is -2.07. The van der Waals surface area contributed by atoms with Gasteiger partial charge in [-0.25, -0.2) is 0 Å². The summed E-state index contributed by atoms with van der Waals surface area (Å²) in [6.45, 7) is 7.03. The van der Waals surface area contributed by atoms with E-state index in [1.807, 2.05) is 45.0 Å². The Morgan fingerprint density at radius 1 is 0.960 bits per heavy atom. The first-order valence-electron chi connectivity index (χ1n) is 8.47. The van der Waals surface area contributed by atoms with Gasteiger partial charge in [0.05, 0.1) is 24.3 Å². The maximum absolute atomic E-state index is 9.46. The van der Waals surface area contributed by atoms with Crippen LogP contribution in [0.15, 0.2) is 36.4 Å². The number of phenols is 1. The molecule has 0 atom stereocenters. The van der Waals surface area contributed by atoms with Gasteiger partial charge in [0.1, 0.15) is 23.0 Å². The van der Waals surface area contributed by atoms with Crippen LogP contribution in [0.25, 0.3) is 0 Å². The predicted octanol–water partition coefficient (Wildman–Crippen LogP) is 5.38. The Labute approximate surface area is 154 Å². The number of hydrogen-bond donors (Lipinski definition) is 1. The van der Waals surface area contributed by atoms with Crippen molar-refractivity contribution >= 4 is 11.6 Å². The number of aromatic hydroxyl groups is 1. The van der Waals surface area contributed by atoms with E-state index >= 15 is 0 Å². The van der Waals surface area contributed by atoms with Crippen molar-refractivity contribution in [2.45, 2.75) is 39.7 Å². The number of hydrogen-bond acceptors (Lipinski definition) is 4. The molecule has 0 fully saturated rings. The van der Waals surface area contributed by atoms with Crippen molar-refractivity contribution in [2.75, 3.05) is 13.2 Å². The van der Waals surface area contributed by atoms with Gasteiger partial charge in [0.25, 0.3) is 0 Å². The minimum atomic E-state index is 0.146. The van der Waals surface area contributed by atoms with E-state index in [-0.39, 0.29) is 11.9 Å². The normalized spacial score (nSPS) is 10.8. The highest BCUT2D eigenvalue weighted by Gasteiger charge is 2.07. The van der Waals surface area contributed by atoms with Gasteiger partial charge in [0.15, 0.2) is 0 Å². The first kappa shape index (κ1) is 19.3. The van der Waals surface area contributed by atoms with Gasteiger partial charge in [-0.2, -0.15) is 0 Å². The number of benzene rings is 2. The maximum atomic E-state index is 9.46. The fraction of sp³-hybridized carbons (Fsp3) is 0.400. The molecular weight excluding hydrogens is 340 g/mol. The molecule has 1 N–H and O–H groups in total. The number of halogens is 1. The molecule has 2 aromatic carbocycles. The molecule has 2 aromatic rings. The molecule has 0 aromatic heterocycles. The molecule has 5 heteroatoms. The molecule has 0 radical (unpaired) electrons. The zero-order valence-corrected chi connectivity index (χ0v) is 15.7. The van der Waals surface area contributed by atoms with Gasteiger partial charge in [0, 0.05) is 6.07 Å². The summed E-state index contributed by atoms with van der Waals surface area (Å²) < 4.78 is 17.0. The average molecular weight is 365 g/mol. The van der Waals surface area contributed by atoms with Crippen LogP contribution in [0.2, 0.25) is 5.02 Å². The van der Waals surface area contributed by atoms with Crippen LogP contribution in [0.5, 0.6) is 23.0 Å². The minimum Gasteiger partial charge on any atom is -0.508 e. The van der Waals surface area contributed by atoms with E-state index in [2.05, 4.69) is 0 Å². The Bertz CT molecular complexity index is 645. The molecule has 0 unspecified atom stereocenters. The molecule has 2 rings (SSSR count). The lowest BCUT2D eigenvalue weighted by atomic mass is 10.2. The molecule has 0 aliphatic heterocycles. The molecule has 136 valence electrons. The van der Waals surface area contributed by atoms with Gasteiger partial charge in [-0.05, 0) is 69.5 Å². The number of unbranched alkanes of at least 4 members (excludes halogenated alkanes) is 1. The highest BCUT2D eigenvalue weighted by atomic mass is 35.5. The Morgan fingerprint density at radius 2 is 1.56 bits per heavy atom. The number of phenolic OH excluding ortho intramolecular Hbond substituents is 1. The van der Waals surface area contributed by atoms with Crippen molar-refractivity contribution < 1.29 is 19.3 Å². The fourth-order valence-corrected chi connectivity index (χ4v) is 2.67. The van der Waals surface area contributed by atoms with Crippen LogP contribution in [0.4, 0.5) is 0 Å². The van der Waals surface area contributed by atoms with Crippen LogP contribution in [-0.4, -0.2) is 24.4 Å². The van der Waals surface area contributed by atoms with Crippen molar-refractivity contribution in [2.24, 2.45) is 0 Å². The first-order valence-corrected chi connectivity index (χ1v) is 8.85. The molecule has 0 saturated carbocycles. The predicted molar refractivity (Wildman–Crippen MR) is 100 cm³/mol. The van der Waals surface area contributed by atoms with Gasteiger partial charge in [-0.1, -0.05) is 11.6 Å². The quantitative estimate of drug-likeness (QED) is 0.607. The zero-order valence-electron chi connectivity index (χ0n) is 14.9. The second-order valence-corrected chi connectivity index (χ2v) is 6.52. The first-order chi connectivity index (χ1) is 12.0. The smallest absolute Gasteiger partial charge is 0.141 e. The lowest BCUT2D eigenvalue weighted by Crippen LogP contribution is -2.05. The van der Waals surface area contributed by atoms with Crippen LogP contribution >= 0.6 is 11.6 Å². The number of rotatable bonds is 9. The van der Waals surface area contributed by atoms with E-state index in [1.54, 1.807) is 6.07 Å². The van der Waals surface area contributed by atoms with Gasteiger partial charge in [-0.3, -0.25) is 0 Å². The summed E-state index contributed by atoms with van der Waals surface area (Å²) in [5.41, 5.74) is 0.824. The van der Waals surface area contributed by atoms with Crippen molar-refractivity contribution in [3.05, 3.63) is 47.0 Å². The third kappa shape index (κ3) is 6.39. The molecule has 0 bridgehead atoms. The molecule has 0 spiro atoms. The highest BCUT2D eigenvalue weighted by molar-refractivity contribution is 6.32. The topological polar surface area (TPSA) is 47.9 Å². The van der Waals surface area contributed by atoms with E-state index < -0.39 is 0 Å². The van der Waals surface area contributed by atoms with Gasteiger partial charge in [-0.15, -0.1) is 0 Å².